The minimum Gasteiger partial charge on any atom is -0.383 e. The second-order valence-corrected chi connectivity index (χ2v) is 7.72. The van der Waals surface area contributed by atoms with Crippen LogP contribution in [0.3, 0.4) is 0 Å². The van der Waals surface area contributed by atoms with Gasteiger partial charge in [0, 0.05) is 13.1 Å². The van der Waals surface area contributed by atoms with Crippen molar-refractivity contribution in [3.05, 3.63) is 53.4 Å². The molecule has 1 aromatic carbocycles. The Labute approximate surface area is 161 Å². The zero-order valence-corrected chi connectivity index (χ0v) is 15.7. The number of fused-ring (bicyclic) bond motifs is 1. The first kappa shape index (κ1) is 16.3. The summed E-state index contributed by atoms with van der Waals surface area (Å²) in [7, 11) is 0. The highest BCUT2D eigenvalue weighted by Gasteiger charge is 2.22. The Hall–Kier alpha value is -2.93. The van der Waals surface area contributed by atoms with E-state index in [-0.39, 0.29) is 0 Å². The highest BCUT2D eigenvalue weighted by molar-refractivity contribution is 7.13. The summed E-state index contributed by atoms with van der Waals surface area (Å²) in [4.78, 5) is 13.0. The number of nitrogens with two attached hydrogens (primary N) is 1. The Kier molecular flexibility index (Phi) is 4.01. The normalized spacial score (nSPS) is 14.3. The summed E-state index contributed by atoms with van der Waals surface area (Å²) in [5.74, 6) is 1.37. The van der Waals surface area contributed by atoms with Crippen LogP contribution in [0.2, 0.25) is 0 Å². The SMILES string of the molecule is Nc1c2c(-c3cccs3)nc(N3CCCC3)nc2nn1Cc1ccccc1. The third kappa shape index (κ3) is 2.94. The minimum atomic E-state index is 0.616. The molecule has 4 aromatic rings. The van der Waals surface area contributed by atoms with Gasteiger partial charge in [-0.15, -0.1) is 16.4 Å². The summed E-state index contributed by atoms with van der Waals surface area (Å²) >= 11 is 1.66. The van der Waals surface area contributed by atoms with Crippen LogP contribution in [0.25, 0.3) is 21.6 Å². The van der Waals surface area contributed by atoms with E-state index in [1.54, 1.807) is 11.3 Å². The van der Waals surface area contributed by atoms with E-state index >= 15 is 0 Å². The van der Waals surface area contributed by atoms with Crippen LogP contribution in [-0.4, -0.2) is 32.8 Å². The molecule has 0 bridgehead atoms. The van der Waals surface area contributed by atoms with Gasteiger partial charge in [-0.05, 0) is 29.9 Å². The van der Waals surface area contributed by atoms with Crippen LogP contribution in [0.4, 0.5) is 11.8 Å². The van der Waals surface area contributed by atoms with Gasteiger partial charge in [-0.2, -0.15) is 4.98 Å². The van der Waals surface area contributed by atoms with Gasteiger partial charge in [0.1, 0.15) is 5.82 Å². The van der Waals surface area contributed by atoms with E-state index in [1.807, 2.05) is 28.9 Å². The maximum atomic E-state index is 6.51. The maximum absolute atomic E-state index is 6.51. The summed E-state index contributed by atoms with van der Waals surface area (Å²) < 4.78 is 1.83. The smallest absolute Gasteiger partial charge is 0.228 e. The number of nitrogen functional groups attached to an aromatic ring is 1. The molecular weight excluding hydrogens is 356 g/mol. The predicted molar refractivity (Wildman–Crippen MR) is 110 cm³/mol. The average Bonchev–Trinajstić information content (AvgIpc) is 3.45. The van der Waals surface area contributed by atoms with Crippen molar-refractivity contribution < 1.29 is 0 Å². The number of hydrogen-bond donors (Lipinski definition) is 1. The summed E-state index contributed by atoms with van der Waals surface area (Å²) in [5, 5.41) is 7.63. The van der Waals surface area contributed by atoms with Gasteiger partial charge >= 0.3 is 0 Å². The van der Waals surface area contributed by atoms with E-state index < -0.39 is 0 Å². The molecule has 1 saturated heterocycles. The zero-order chi connectivity index (χ0) is 18.2. The number of thiophene rings is 1. The molecule has 0 unspecified atom stereocenters. The molecule has 0 amide bonds. The van der Waals surface area contributed by atoms with Crippen LogP contribution in [0.5, 0.6) is 0 Å². The van der Waals surface area contributed by atoms with Crippen LogP contribution in [0.1, 0.15) is 18.4 Å². The predicted octanol–water partition coefficient (Wildman–Crippen LogP) is 3.79. The number of aromatic nitrogens is 4. The van der Waals surface area contributed by atoms with Gasteiger partial charge in [0.25, 0.3) is 0 Å². The Bertz CT molecular complexity index is 1070. The van der Waals surface area contributed by atoms with Gasteiger partial charge < -0.3 is 10.6 Å². The second-order valence-electron chi connectivity index (χ2n) is 6.77. The van der Waals surface area contributed by atoms with Crippen molar-refractivity contribution in [3.8, 4) is 10.6 Å². The lowest BCUT2D eigenvalue weighted by molar-refractivity contribution is 0.703. The monoisotopic (exact) mass is 376 g/mol. The molecule has 3 aromatic heterocycles. The lowest BCUT2D eigenvalue weighted by atomic mass is 10.2. The zero-order valence-electron chi connectivity index (χ0n) is 14.9. The molecule has 5 rings (SSSR count). The third-order valence-corrected chi connectivity index (χ3v) is 5.82. The summed E-state index contributed by atoms with van der Waals surface area (Å²) in [6, 6.07) is 14.3. The van der Waals surface area contributed by atoms with E-state index in [0.717, 1.165) is 40.6 Å². The lowest BCUT2D eigenvalue weighted by Crippen LogP contribution is -2.20. The molecule has 0 saturated carbocycles. The van der Waals surface area contributed by atoms with Gasteiger partial charge in [0.2, 0.25) is 5.95 Å². The molecule has 0 atom stereocenters. The Morgan fingerprint density at radius 3 is 2.56 bits per heavy atom. The number of hydrogen-bond acceptors (Lipinski definition) is 6. The molecule has 136 valence electrons. The number of benzene rings is 1. The molecule has 0 aliphatic carbocycles. The lowest BCUT2D eigenvalue weighted by Gasteiger charge is -2.15. The molecule has 2 N–H and O–H groups in total. The molecule has 0 radical (unpaired) electrons. The van der Waals surface area contributed by atoms with Crippen molar-refractivity contribution in [2.24, 2.45) is 0 Å². The first-order valence-electron chi connectivity index (χ1n) is 9.16. The van der Waals surface area contributed by atoms with E-state index in [0.29, 0.717) is 18.0 Å². The van der Waals surface area contributed by atoms with Gasteiger partial charge in [0.05, 0.1) is 22.5 Å². The van der Waals surface area contributed by atoms with Crippen LogP contribution in [0.15, 0.2) is 47.8 Å². The molecule has 7 heteroatoms. The molecule has 0 spiro atoms. The van der Waals surface area contributed by atoms with Crippen molar-refractivity contribution in [1.82, 2.24) is 19.7 Å². The quantitative estimate of drug-likeness (QED) is 0.587. The van der Waals surface area contributed by atoms with E-state index in [4.69, 9.17) is 20.8 Å². The first-order valence-corrected chi connectivity index (χ1v) is 10.0. The van der Waals surface area contributed by atoms with Crippen molar-refractivity contribution in [3.63, 3.8) is 0 Å². The highest BCUT2D eigenvalue weighted by atomic mass is 32.1. The highest BCUT2D eigenvalue weighted by Crippen LogP contribution is 2.35. The molecule has 27 heavy (non-hydrogen) atoms. The van der Waals surface area contributed by atoms with Gasteiger partial charge in [0.15, 0.2) is 5.65 Å². The van der Waals surface area contributed by atoms with Gasteiger partial charge in [-0.3, -0.25) is 0 Å². The van der Waals surface area contributed by atoms with Crippen LogP contribution >= 0.6 is 11.3 Å². The number of anilines is 2. The first-order chi connectivity index (χ1) is 13.3. The molecule has 4 heterocycles. The van der Waals surface area contributed by atoms with Crippen molar-refractivity contribution in [2.45, 2.75) is 19.4 Å². The van der Waals surface area contributed by atoms with Crippen LogP contribution < -0.4 is 10.6 Å². The van der Waals surface area contributed by atoms with E-state index in [1.165, 1.54) is 12.8 Å². The summed E-state index contributed by atoms with van der Waals surface area (Å²) in [6.07, 6.45) is 2.36. The van der Waals surface area contributed by atoms with Gasteiger partial charge in [-0.25, -0.2) is 9.67 Å². The fourth-order valence-electron chi connectivity index (χ4n) is 3.57. The van der Waals surface area contributed by atoms with Crippen LogP contribution in [0, 0.1) is 0 Å². The minimum absolute atomic E-state index is 0.616. The average molecular weight is 376 g/mol. The maximum Gasteiger partial charge on any atom is 0.228 e. The second kappa shape index (κ2) is 6.66. The van der Waals surface area contributed by atoms with Crippen molar-refractivity contribution in [2.75, 3.05) is 23.7 Å². The van der Waals surface area contributed by atoms with E-state index in [9.17, 15) is 0 Å². The Morgan fingerprint density at radius 1 is 1.00 bits per heavy atom. The fraction of sp³-hybridized carbons (Fsp3) is 0.250. The number of rotatable bonds is 4. The Balaban J connectivity index is 1.67. The van der Waals surface area contributed by atoms with E-state index in [2.05, 4.69) is 28.5 Å². The summed E-state index contributed by atoms with van der Waals surface area (Å²) in [6.45, 7) is 2.61. The standard InChI is InChI=1S/C20H20N6S/c21-18-16-17(15-9-6-12-27-15)22-20(25-10-4-5-11-25)23-19(16)24-26(18)13-14-7-2-1-3-8-14/h1-3,6-9,12H,4-5,10-11,13,21H2. The van der Waals surface area contributed by atoms with Crippen LogP contribution in [-0.2, 0) is 6.54 Å². The Morgan fingerprint density at radius 2 is 1.81 bits per heavy atom. The third-order valence-electron chi connectivity index (χ3n) is 4.95. The molecule has 1 fully saturated rings. The molecule has 1 aliphatic heterocycles. The number of nitrogens with zero attached hydrogens (tertiary/aromatic N) is 5. The molecule has 6 nitrogen and oxygen atoms in total. The van der Waals surface area contributed by atoms with Gasteiger partial charge in [-0.1, -0.05) is 36.4 Å². The fourth-order valence-corrected chi connectivity index (χ4v) is 4.29. The molecular formula is C20H20N6S. The van der Waals surface area contributed by atoms with Crippen molar-refractivity contribution >= 4 is 34.1 Å². The topological polar surface area (TPSA) is 72.9 Å². The molecule has 1 aliphatic rings. The van der Waals surface area contributed by atoms with Crippen molar-refractivity contribution in [1.29, 1.82) is 0 Å². The largest absolute Gasteiger partial charge is 0.383 e. The summed E-state index contributed by atoms with van der Waals surface area (Å²) in [5.41, 5.74) is 9.22.